The standard InChI is InChI=1S/C17H16ClN3/c1-13-12-21(15-8-3-2-4-9-15)17(20-13)19-11-14-7-5-6-10-16(14)18/h2-10,12H,11H2,1H3,(H,19,20). The van der Waals surface area contributed by atoms with Gasteiger partial charge in [0, 0.05) is 23.5 Å². The Kier molecular flexibility index (Phi) is 3.93. The first kappa shape index (κ1) is 13.7. The van der Waals surface area contributed by atoms with Crippen LogP contribution in [0.4, 0.5) is 5.95 Å². The number of rotatable bonds is 4. The number of para-hydroxylation sites is 1. The van der Waals surface area contributed by atoms with Gasteiger partial charge in [-0.15, -0.1) is 0 Å². The molecule has 1 N–H and O–H groups in total. The van der Waals surface area contributed by atoms with Crippen molar-refractivity contribution >= 4 is 17.5 Å². The second kappa shape index (κ2) is 6.02. The number of nitrogens with zero attached hydrogens (tertiary/aromatic N) is 2. The quantitative estimate of drug-likeness (QED) is 0.771. The highest BCUT2D eigenvalue weighted by atomic mass is 35.5. The molecule has 1 aromatic heterocycles. The van der Waals surface area contributed by atoms with Gasteiger partial charge in [-0.1, -0.05) is 48.0 Å². The summed E-state index contributed by atoms with van der Waals surface area (Å²) in [4.78, 5) is 4.54. The molecule has 0 amide bonds. The Morgan fingerprint density at radius 2 is 1.76 bits per heavy atom. The molecule has 106 valence electrons. The van der Waals surface area contributed by atoms with Crippen LogP contribution in [0.25, 0.3) is 5.69 Å². The molecule has 1 heterocycles. The van der Waals surface area contributed by atoms with E-state index < -0.39 is 0 Å². The molecule has 0 spiro atoms. The Labute approximate surface area is 129 Å². The topological polar surface area (TPSA) is 29.9 Å². The van der Waals surface area contributed by atoms with Gasteiger partial charge in [-0.3, -0.25) is 4.57 Å². The van der Waals surface area contributed by atoms with E-state index in [9.17, 15) is 0 Å². The Morgan fingerprint density at radius 3 is 2.52 bits per heavy atom. The summed E-state index contributed by atoms with van der Waals surface area (Å²) >= 11 is 6.19. The minimum Gasteiger partial charge on any atom is -0.351 e. The maximum atomic E-state index is 6.19. The van der Waals surface area contributed by atoms with Crippen LogP contribution in [0.15, 0.2) is 60.8 Å². The largest absolute Gasteiger partial charge is 0.351 e. The highest BCUT2D eigenvalue weighted by molar-refractivity contribution is 6.31. The van der Waals surface area contributed by atoms with Crippen LogP contribution in [0.1, 0.15) is 11.3 Å². The molecule has 3 rings (SSSR count). The highest BCUT2D eigenvalue weighted by Gasteiger charge is 2.07. The Bertz CT molecular complexity index is 735. The van der Waals surface area contributed by atoms with Gasteiger partial charge >= 0.3 is 0 Å². The van der Waals surface area contributed by atoms with Crippen LogP contribution in [-0.2, 0) is 6.54 Å². The third-order valence-corrected chi connectivity index (χ3v) is 3.62. The van der Waals surface area contributed by atoms with Crippen LogP contribution in [0.2, 0.25) is 5.02 Å². The number of benzene rings is 2. The zero-order valence-corrected chi connectivity index (χ0v) is 12.5. The molecule has 0 aliphatic carbocycles. The number of imidazole rings is 1. The normalized spacial score (nSPS) is 10.6. The summed E-state index contributed by atoms with van der Waals surface area (Å²) in [5.41, 5.74) is 3.11. The Hall–Kier alpha value is -2.26. The van der Waals surface area contributed by atoms with Crippen LogP contribution in [0.5, 0.6) is 0 Å². The average molecular weight is 298 g/mol. The van der Waals surface area contributed by atoms with Crippen molar-refractivity contribution in [2.45, 2.75) is 13.5 Å². The second-order valence-electron chi connectivity index (χ2n) is 4.86. The van der Waals surface area contributed by atoms with Crippen LogP contribution in [-0.4, -0.2) is 9.55 Å². The van der Waals surface area contributed by atoms with Crippen LogP contribution < -0.4 is 5.32 Å². The molecule has 0 atom stereocenters. The molecular formula is C17H16ClN3. The lowest BCUT2D eigenvalue weighted by atomic mass is 10.2. The molecular weight excluding hydrogens is 282 g/mol. The molecule has 0 saturated carbocycles. The smallest absolute Gasteiger partial charge is 0.208 e. The van der Waals surface area contributed by atoms with E-state index in [0.29, 0.717) is 6.54 Å². The third-order valence-electron chi connectivity index (χ3n) is 3.26. The fraction of sp³-hybridized carbons (Fsp3) is 0.118. The number of hydrogen-bond acceptors (Lipinski definition) is 2. The number of aryl methyl sites for hydroxylation is 1. The summed E-state index contributed by atoms with van der Waals surface area (Å²) < 4.78 is 2.05. The third kappa shape index (κ3) is 3.09. The van der Waals surface area contributed by atoms with E-state index in [-0.39, 0.29) is 0 Å². The van der Waals surface area contributed by atoms with Gasteiger partial charge in [0.25, 0.3) is 0 Å². The van der Waals surface area contributed by atoms with Crippen LogP contribution in [0.3, 0.4) is 0 Å². The summed E-state index contributed by atoms with van der Waals surface area (Å²) in [5.74, 6) is 0.818. The lowest BCUT2D eigenvalue weighted by molar-refractivity contribution is 1.00. The number of hydrogen-bond donors (Lipinski definition) is 1. The van der Waals surface area contributed by atoms with Crippen molar-refractivity contribution in [3.05, 3.63) is 77.1 Å². The van der Waals surface area contributed by atoms with E-state index in [2.05, 4.69) is 22.4 Å². The lowest BCUT2D eigenvalue weighted by Crippen LogP contribution is -2.06. The number of aromatic nitrogens is 2. The van der Waals surface area contributed by atoms with Crippen molar-refractivity contribution in [1.29, 1.82) is 0 Å². The maximum Gasteiger partial charge on any atom is 0.208 e. The molecule has 0 fully saturated rings. The molecule has 0 aliphatic rings. The van der Waals surface area contributed by atoms with Gasteiger partial charge in [-0.25, -0.2) is 4.98 Å². The fourth-order valence-electron chi connectivity index (χ4n) is 2.22. The maximum absolute atomic E-state index is 6.19. The monoisotopic (exact) mass is 297 g/mol. The van der Waals surface area contributed by atoms with Gasteiger partial charge in [-0.2, -0.15) is 0 Å². The minimum atomic E-state index is 0.642. The average Bonchev–Trinajstić information content (AvgIpc) is 2.88. The molecule has 0 saturated heterocycles. The minimum absolute atomic E-state index is 0.642. The molecule has 3 nitrogen and oxygen atoms in total. The molecule has 2 aromatic carbocycles. The summed E-state index contributed by atoms with van der Waals surface area (Å²) in [5, 5.41) is 4.12. The summed E-state index contributed by atoms with van der Waals surface area (Å²) in [6, 6.07) is 18.0. The van der Waals surface area contributed by atoms with E-state index >= 15 is 0 Å². The summed E-state index contributed by atoms with van der Waals surface area (Å²) in [6.45, 7) is 2.63. The Balaban J connectivity index is 1.85. The highest BCUT2D eigenvalue weighted by Crippen LogP contribution is 2.19. The Morgan fingerprint density at radius 1 is 1.05 bits per heavy atom. The van der Waals surface area contributed by atoms with Crippen molar-refractivity contribution in [2.24, 2.45) is 0 Å². The van der Waals surface area contributed by atoms with E-state index in [0.717, 1.165) is 27.9 Å². The number of nitrogens with one attached hydrogen (secondary N) is 1. The van der Waals surface area contributed by atoms with Crippen molar-refractivity contribution in [3.63, 3.8) is 0 Å². The van der Waals surface area contributed by atoms with Crippen molar-refractivity contribution in [3.8, 4) is 5.69 Å². The number of anilines is 1. The molecule has 0 bridgehead atoms. The van der Waals surface area contributed by atoms with Gasteiger partial charge in [0.2, 0.25) is 5.95 Å². The first-order valence-electron chi connectivity index (χ1n) is 6.83. The lowest BCUT2D eigenvalue weighted by Gasteiger charge is -2.10. The number of halogens is 1. The molecule has 21 heavy (non-hydrogen) atoms. The molecule has 0 aliphatic heterocycles. The second-order valence-corrected chi connectivity index (χ2v) is 5.26. The SMILES string of the molecule is Cc1cn(-c2ccccc2)c(NCc2ccccc2Cl)n1. The predicted octanol–water partition coefficient (Wildman–Crippen LogP) is 4.45. The van der Waals surface area contributed by atoms with E-state index in [4.69, 9.17) is 11.6 Å². The zero-order chi connectivity index (χ0) is 14.7. The van der Waals surface area contributed by atoms with Gasteiger partial charge in [-0.05, 0) is 30.7 Å². The van der Waals surface area contributed by atoms with Gasteiger partial charge in [0.1, 0.15) is 0 Å². The van der Waals surface area contributed by atoms with Gasteiger partial charge in [0.05, 0.1) is 5.69 Å². The van der Waals surface area contributed by atoms with Crippen molar-refractivity contribution in [1.82, 2.24) is 9.55 Å². The van der Waals surface area contributed by atoms with Crippen molar-refractivity contribution in [2.75, 3.05) is 5.32 Å². The summed E-state index contributed by atoms with van der Waals surface area (Å²) in [7, 11) is 0. The van der Waals surface area contributed by atoms with Gasteiger partial charge < -0.3 is 5.32 Å². The first-order valence-corrected chi connectivity index (χ1v) is 7.20. The van der Waals surface area contributed by atoms with Crippen LogP contribution >= 0.6 is 11.6 Å². The molecule has 3 aromatic rings. The molecule has 0 radical (unpaired) electrons. The first-order chi connectivity index (χ1) is 10.2. The van der Waals surface area contributed by atoms with Gasteiger partial charge in [0.15, 0.2) is 0 Å². The van der Waals surface area contributed by atoms with E-state index in [1.807, 2.05) is 60.2 Å². The summed E-state index contributed by atoms with van der Waals surface area (Å²) in [6.07, 6.45) is 2.02. The molecule has 0 unspecified atom stereocenters. The van der Waals surface area contributed by atoms with E-state index in [1.165, 1.54) is 0 Å². The van der Waals surface area contributed by atoms with Crippen molar-refractivity contribution < 1.29 is 0 Å². The zero-order valence-electron chi connectivity index (χ0n) is 11.8. The molecule has 4 heteroatoms. The predicted molar refractivity (Wildman–Crippen MR) is 87.1 cm³/mol. The van der Waals surface area contributed by atoms with E-state index in [1.54, 1.807) is 0 Å². The fourth-order valence-corrected chi connectivity index (χ4v) is 2.43. The van der Waals surface area contributed by atoms with Crippen LogP contribution in [0, 0.1) is 6.92 Å².